The summed E-state index contributed by atoms with van der Waals surface area (Å²) in [5.74, 6) is -0.173. The molecule has 40 heavy (non-hydrogen) atoms. The number of carbonyl (C=O) groups is 1. The summed E-state index contributed by atoms with van der Waals surface area (Å²) in [5.41, 5.74) is 10.4. The maximum atomic E-state index is 13.8. The number of benzene rings is 2. The summed E-state index contributed by atoms with van der Waals surface area (Å²) in [7, 11) is -2.48. The Morgan fingerprint density at radius 1 is 0.900 bits per heavy atom. The Morgan fingerprint density at radius 2 is 1.70 bits per heavy atom. The summed E-state index contributed by atoms with van der Waals surface area (Å²) in [6.45, 7) is 1.88. The van der Waals surface area contributed by atoms with Gasteiger partial charge in [0, 0.05) is 52.9 Å². The molecule has 0 unspecified atom stereocenters. The van der Waals surface area contributed by atoms with Crippen molar-refractivity contribution in [2.75, 3.05) is 7.11 Å². The average molecular weight is 550 g/mol. The molecule has 0 aliphatic carbocycles. The van der Waals surface area contributed by atoms with Crippen molar-refractivity contribution in [3.05, 3.63) is 103 Å². The maximum Gasteiger partial charge on any atom is 0.269 e. The fourth-order valence-electron chi connectivity index (χ4n) is 4.76. The second-order valence-electron chi connectivity index (χ2n) is 9.29. The van der Waals surface area contributed by atoms with E-state index in [0.29, 0.717) is 27.8 Å². The molecule has 0 fully saturated rings. The quantitative estimate of drug-likeness (QED) is 0.311. The van der Waals surface area contributed by atoms with Crippen molar-refractivity contribution in [1.82, 2.24) is 18.9 Å². The number of primary amides is 1. The van der Waals surface area contributed by atoms with Gasteiger partial charge in [-0.15, -0.1) is 0 Å². The predicted octanol–water partition coefficient (Wildman–Crippen LogP) is 4.97. The molecule has 0 spiro atoms. The standard InChI is InChI=1S/C30H23N5O4S/c1-18-5-7-22(8-6-18)40(37,38)35-17-26(25-13-21(29(31)36)16-34-30(25)35)20-12-24-23(19-4-3-10-32-15-19)9-11-33-28(24)27(14-20)39-2/h3-17H,1-2H3,(H2,31,36). The number of aryl methyl sites for hydroxylation is 1. The van der Waals surface area contributed by atoms with Crippen LogP contribution in [0.3, 0.4) is 0 Å². The summed E-state index contributed by atoms with van der Waals surface area (Å²) < 4.78 is 34.4. The molecule has 0 atom stereocenters. The van der Waals surface area contributed by atoms with Gasteiger partial charge in [0.1, 0.15) is 11.3 Å². The number of pyridine rings is 3. The van der Waals surface area contributed by atoms with Gasteiger partial charge in [-0.25, -0.2) is 17.4 Å². The Labute approximate surface area is 230 Å². The molecule has 0 saturated carbocycles. The number of fused-ring (bicyclic) bond motifs is 2. The van der Waals surface area contributed by atoms with Crippen molar-refractivity contribution >= 4 is 37.9 Å². The first-order chi connectivity index (χ1) is 19.3. The van der Waals surface area contributed by atoms with Crippen molar-refractivity contribution in [1.29, 1.82) is 0 Å². The van der Waals surface area contributed by atoms with Gasteiger partial charge in [-0.1, -0.05) is 23.8 Å². The lowest BCUT2D eigenvalue weighted by Crippen LogP contribution is -2.14. The monoisotopic (exact) mass is 549 g/mol. The number of ether oxygens (including phenoxy) is 1. The number of nitrogens with two attached hydrogens (primary N) is 1. The number of rotatable bonds is 6. The molecule has 2 aromatic carbocycles. The van der Waals surface area contributed by atoms with E-state index in [1.807, 2.05) is 31.2 Å². The number of aromatic nitrogens is 4. The summed E-state index contributed by atoms with van der Waals surface area (Å²) in [4.78, 5) is 25.3. The normalized spacial score (nSPS) is 11.7. The topological polar surface area (TPSA) is 130 Å². The molecular weight excluding hydrogens is 526 g/mol. The third-order valence-corrected chi connectivity index (χ3v) is 8.45. The minimum absolute atomic E-state index is 0.112. The SMILES string of the molecule is COc1cc(-c2cn(S(=O)(=O)c3ccc(C)cc3)c3ncc(C(N)=O)cc23)cc2c(-c3cccnc3)ccnc12. The Kier molecular flexibility index (Phi) is 6.04. The summed E-state index contributed by atoms with van der Waals surface area (Å²) in [6, 6.07) is 17.5. The van der Waals surface area contributed by atoms with Gasteiger partial charge in [0.05, 0.1) is 17.6 Å². The van der Waals surface area contributed by atoms with Gasteiger partial charge in [-0.2, -0.15) is 0 Å². The molecule has 4 aromatic heterocycles. The molecular formula is C30H23N5O4S. The van der Waals surface area contributed by atoms with E-state index >= 15 is 0 Å². The second kappa shape index (κ2) is 9.58. The molecule has 4 heterocycles. The molecule has 10 heteroatoms. The van der Waals surface area contributed by atoms with Crippen LogP contribution < -0.4 is 10.5 Å². The first-order valence-corrected chi connectivity index (χ1v) is 13.7. The minimum Gasteiger partial charge on any atom is -0.494 e. The fourth-order valence-corrected chi connectivity index (χ4v) is 6.08. The highest BCUT2D eigenvalue weighted by atomic mass is 32.2. The molecule has 2 N–H and O–H groups in total. The molecule has 0 aliphatic rings. The van der Waals surface area contributed by atoms with Crippen LogP contribution in [0.5, 0.6) is 5.75 Å². The van der Waals surface area contributed by atoms with Crippen LogP contribution in [-0.2, 0) is 10.0 Å². The summed E-state index contributed by atoms with van der Waals surface area (Å²) >= 11 is 0. The van der Waals surface area contributed by atoms with E-state index in [2.05, 4.69) is 15.0 Å². The molecule has 0 saturated heterocycles. The summed E-state index contributed by atoms with van der Waals surface area (Å²) in [5, 5.41) is 1.23. The van der Waals surface area contributed by atoms with E-state index in [1.54, 1.807) is 62.1 Å². The van der Waals surface area contributed by atoms with E-state index < -0.39 is 15.9 Å². The Hall–Kier alpha value is -5.09. The van der Waals surface area contributed by atoms with Crippen LogP contribution in [0.2, 0.25) is 0 Å². The molecule has 9 nitrogen and oxygen atoms in total. The molecule has 1 amide bonds. The molecule has 6 rings (SSSR count). The number of hydrogen-bond donors (Lipinski definition) is 1. The van der Waals surface area contributed by atoms with Gasteiger partial charge in [0.2, 0.25) is 5.91 Å². The molecule has 6 aromatic rings. The number of carbonyl (C=O) groups excluding carboxylic acids is 1. The Morgan fingerprint density at radius 3 is 2.40 bits per heavy atom. The third-order valence-electron chi connectivity index (χ3n) is 6.79. The Bertz CT molecular complexity index is 2040. The van der Waals surface area contributed by atoms with E-state index in [9.17, 15) is 13.2 Å². The first kappa shape index (κ1) is 25.2. The predicted molar refractivity (Wildman–Crippen MR) is 153 cm³/mol. The number of nitrogens with zero attached hydrogens (tertiary/aromatic N) is 4. The highest BCUT2D eigenvalue weighted by Crippen LogP contribution is 2.39. The van der Waals surface area contributed by atoms with E-state index in [4.69, 9.17) is 10.5 Å². The zero-order valence-electron chi connectivity index (χ0n) is 21.6. The minimum atomic E-state index is -4.03. The lowest BCUT2D eigenvalue weighted by Gasteiger charge is -2.12. The van der Waals surface area contributed by atoms with Crippen molar-refractivity contribution in [3.63, 3.8) is 0 Å². The van der Waals surface area contributed by atoms with Crippen LogP contribution in [-0.4, -0.2) is 40.4 Å². The maximum absolute atomic E-state index is 13.8. The second-order valence-corrected chi connectivity index (χ2v) is 11.1. The van der Waals surface area contributed by atoms with Crippen LogP contribution in [0, 0.1) is 6.92 Å². The number of amides is 1. The van der Waals surface area contributed by atoms with Crippen molar-refractivity contribution in [2.24, 2.45) is 5.73 Å². The van der Waals surface area contributed by atoms with Gasteiger partial charge in [0.25, 0.3) is 10.0 Å². The van der Waals surface area contributed by atoms with Crippen LogP contribution in [0.1, 0.15) is 15.9 Å². The smallest absolute Gasteiger partial charge is 0.269 e. The van der Waals surface area contributed by atoms with Crippen molar-refractivity contribution < 1.29 is 17.9 Å². The highest BCUT2D eigenvalue weighted by molar-refractivity contribution is 7.90. The lowest BCUT2D eigenvalue weighted by atomic mass is 9.97. The number of hydrogen-bond acceptors (Lipinski definition) is 7. The van der Waals surface area contributed by atoms with Gasteiger partial charge in [0.15, 0.2) is 5.65 Å². The zero-order chi connectivity index (χ0) is 28.0. The largest absolute Gasteiger partial charge is 0.494 e. The van der Waals surface area contributed by atoms with Crippen LogP contribution >= 0.6 is 0 Å². The van der Waals surface area contributed by atoms with Gasteiger partial charge in [-0.05, 0) is 60.5 Å². The molecule has 0 bridgehead atoms. The van der Waals surface area contributed by atoms with Crippen LogP contribution in [0.15, 0.2) is 96.5 Å². The number of methoxy groups -OCH3 is 1. The van der Waals surface area contributed by atoms with Crippen molar-refractivity contribution in [2.45, 2.75) is 11.8 Å². The van der Waals surface area contributed by atoms with Gasteiger partial charge >= 0.3 is 0 Å². The van der Waals surface area contributed by atoms with E-state index in [0.717, 1.165) is 26.0 Å². The Balaban J connectivity index is 1.66. The van der Waals surface area contributed by atoms with Gasteiger partial charge in [-0.3, -0.25) is 14.8 Å². The molecule has 0 aliphatic heterocycles. The van der Waals surface area contributed by atoms with Crippen LogP contribution in [0.4, 0.5) is 0 Å². The van der Waals surface area contributed by atoms with Crippen molar-refractivity contribution in [3.8, 4) is 28.0 Å². The first-order valence-electron chi connectivity index (χ1n) is 12.3. The molecule has 0 radical (unpaired) electrons. The average Bonchev–Trinajstić information content (AvgIpc) is 3.37. The van der Waals surface area contributed by atoms with E-state index in [-0.39, 0.29) is 16.1 Å². The van der Waals surface area contributed by atoms with Crippen LogP contribution in [0.25, 0.3) is 44.2 Å². The fraction of sp³-hybridized carbons (Fsp3) is 0.0667. The van der Waals surface area contributed by atoms with E-state index in [1.165, 1.54) is 12.4 Å². The third kappa shape index (κ3) is 4.15. The zero-order valence-corrected chi connectivity index (χ0v) is 22.4. The molecule has 198 valence electrons. The highest BCUT2D eigenvalue weighted by Gasteiger charge is 2.24. The van der Waals surface area contributed by atoms with Gasteiger partial charge < -0.3 is 10.5 Å². The summed E-state index contributed by atoms with van der Waals surface area (Å²) in [6.07, 6.45) is 7.96. The lowest BCUT2D eigenvalue weighted by molar-refractivity contribution is 0.1000.